The molecule has 0 radical (unpaired) electrons. The maximum atomic E-state index is 12.9. The topological polar surface area (TPSA) is 39.2 Å². The van der Waals surface area contributed by atoms with Crippen LogP contribution in [0.3, 0.4) is 0 Å². The van der Waals surface area contributed by atoms with Gasteiger partial charge >= 0.3 is 0 Å². The second-order valence-corrected chi connectivity index (χ2v) is 4.00. The third-order valence-corrected chi connectivity index (χ3v) is 2.54. The molecule has 0 amide bonds. The molecule has 0 fully saturated rings. The number of benzene rings is 1. The molecule has 0 saturated carbocycles. The Hall–Kier alpha value is -1.39. The molecule has 1 aromatic heterocycles. The van der Waals surface area contributed by atoms with Gasteiger partial charge in [0, 0.05) is 5.56 Å². The number of hydrogen-bond donors (Lipinski definition) is 1. The van der Waals surface area contributed by atoms with E-state index in [2.05, 4.69) is 0 Å². The fourth-order valence-corrected chi connectivity index (χ4v) is 1.57. The summed E-state index contributed by atoms with van der Waals surface area (Å²) in [6, 6.07) is 7.70. The molecule has 1 aromatic carbocycles. The van der Waals surface area contributed by atoms with Crippen LogP contribution >= 0.6 is 23.8 Å². The van der Waals surface area contributed by atoms with Crippen LogP contribution in [0.1, 0.15) is 5.76 Å². The average Bonchev–Trinajstić information content (AvgIpc) is 2.71. The molecule has 0 aliphatic rings. The van der Waals surface area contributed by atoms with Crippen molar-refractivity contribution in [3.05, 3.63) is 46.9 Å². The van der Waals surface area contributed by atoms with E-state index in [0.717, 1.165) is 0 Å². The lowest BCUT2D eigenvalue weighted by Gasteiger charge is -1.99. The van der Waals surface area contributed by atoms with Crippen molar-refractivity contribution >= 4 is 28.8 Å². The summed E-state index contributed by atoms with van der Waals surface area (Å²) in [5.74, 6) is 0.502. The predicted molar refractivity (Wildman–Crippen MR) is 65.0 cm³/mol. The molecule has 5 heteroatoms. The van der Waals surface area contributed by atoms with E-state index in [4.69, 9.17) is 34.0 Å². The molecular formula is C11H7ClFNOS. The van der Waals surface area contributed by atoms with Crippen molar-refractivity contribution in [2.45, 2.75) is 0 Å². The zero-order valence-corrected chi connectivity index (χ0v) is 9.61. The van der Waals surface area contributed by atoms with Crippen LogP contribution in [0.15, 0.2) is 34.7 Å². The van der Waals surface area contributed by atoms with E-state index in [1.54, 1.807) is 18.2 Å². The van der Waals surface area contributed by atoms with Gasteiger partial charge in [-0.2, -0.15) is 0 Å². The number of thiocarbonyl (C=S) groups is 1. The Morgan fingerprint density at radius 1 is 1.31 bits per heavy atom. The van der Waals surface area contributed by atoms with E-state index in [1.165, 1.54) is 12.1 Å². The molecule has 0 spiro atoms. The number of furan rings is 1. The predicted octanol–water partition coefficient (Wildman–Crippen LogP) is 3.37. The SMILES string of the molecule is NC(=S)c1ccc(-c2ccc(F)c(Cl)c2)o1. The van der Waals surface area contributed by atoms with Gasteiger partial charge < -0.3 is 10.2 Å². The van der Waals surface area contributed by atoms with E-state index < -0.39 is 5.82 Å². The molecular weight excluding hydrogens is 249 g/mol. The summed E-state index contributed by atoms with van der Waals surface area (Å²) in [5, 5.41) is 0.0470. The number of halogens is 2. The van der Waals surface area contributed by atoms with Crippen molar-refractivity contribution in [1.29, 1.82) is 0 Å². The van der Waals surface area contributed by atoms with E-state index in [0.29, 0.717) is 17.1 Å². The van der Waals surface area contributed by atoms with E-state index in [-0.39, 0.29) is 10.0 Å². The van der Waals surface area contributed by atoms with E-state index in [9.17, 15) is 4.39 Å². The lowest BCUT2D eigenvalue weighted by Crippen LogP contribution is -2.07. The van der Waals surface area contributed by atoms with Crippen molar-refractivity contribution in [2.75, 3.05) is 0 Å². The summed E-state index contributed by atoms with van der Waals surface area (Å²) >= 11 is 10.4. The molecule has 1 heterocycles. The van der Waals surface area contributed by atoms with E-state index >= 15 is 0 Å². The van der Waals surface area contributed by atoms with Crippen molar-refractivity contribution in [3.63, 3.8) is 0 Å². The second kappa shape index (κ2) is 4.23. The summed E-state index contributed by atoms with van der Waals surface area (Å²) in [5.41, 5.74) is 6.09. The average molecular weight is 256 g/mol. The highest BCUT2D eigenvalue weighted by Gasteiger charge is 2.08. The fraction of sp³-hybridized carbons (Fsp3) is 0. The lowest BCUT2D eigenvalue weighted by atomic mass is 10.2. The minimum atomic E-state index is -0.466. The zero-order valence-electron chi connectivity index (χ0n) is 8.04. The maximum Gasteiger partial charge on any atom is 0.161 e. The lowest BCUT2D eigenvalue weighted by molar-refractivity contribution is 0.573. The molecule has 2 rings (SSSR count). The van der Waals surface area contributed by atoms with Gasteiger partial charge in [0.2, 0.25) is 0 Å². The number of hydrogen-bond acceptors (Lipinski definition) is 2. The second-order valence-electron chi connectivity index (χ2n) is 3.16. The van der Waals surface area contributed by atoms with Crippen LogP contribution in [0, 0.1) is 5.82 Å². The third-order valence-electron chi connectivity index (χ3n) is 2.05. The molecule has 0 saturated heterocycles. The molecule has 0 aliphatic heterocycles. The van der Waals surface area contributed by atoms with E-state index in [1.807, 2.05) is 0 Å². The van der Waals surface area contributed by atoms with Crippen molar-refractivity contribution < 1.29 is 8.81 Å². The highest BCUT2D eigenvalue weighted by Crippen LogP contribution is 2.26. The molecule has 0 aliphatic carbocycles. The van der Waals surface area contributed by atoms with Crippen LogP contribution in [0.25, 0.3) is 11.3 Å². The van der Waals surface area contributed by atoms with Gasteiger partial charge in [0.1, 0.15) is 16.6 Å². The van der Waals surface area contributed by atoms with Crippen LogP contribution in [-0.2, 0) is 0 Å². The first-order chi connectivity index (χ1) is 7.58. The minimum absolute atomic E-state index is 0.0470. The minimum Gasteiger partial charge on any atom is -0.454 e. The van der Waals surface area contributed by atoms with Gasteiger partial charge in [-0.15, -0.1) is 0 Å². The van der Waals surface area contributed by atoms with Gasteiger partial charge in [0.05, 0.1) is 5.02 Å². The van der Waals surface area contributed by atoms with Crippen molar-refractivity contribution in [1.82, 2.24) is 0 Å². The van der Waals surface area contributed by atoms with Gasteiger partial charge in [0.25, 0.3) is 0 Å². The Balaban J connectivity index is 2.42. The van der Waals surface area contributed by atoms with Gasteiger partial charge in [-0.25, -0.2) is 4.39 Å². The molecule has 16 heavy (non-hydrogen) atoms. The largest absolute Gasteiger partial charge is 0.454 e. The van der Waals surface area contributed by atoms with Gasteiger partial charge in [0.15, 0.2) is 5.76 Å². The molecule has 0 unspecified atom stereocenters. The molecule has 2 N–H and O–H groups in total. The highest BCUT2D eigenvalue weighted by molar-refractivity contribution is 7.80. The summed E-state index contributed by atoms with van der Waals surface area (Å²) < 4.78 is 18.3. The van der Waals surface area contributed by atoms with Crippen LogP contribution in [-0.4, -0.2) is 4.99 Å². The summed E-state index contributed by atoms with van der Waals surface area (Å²) in [7, 11) is 0. The van der Waals surface area contributed by atoms with Crippen LogP contribution in [0.2, 0.25) is 5.02 Å². The smallest absolute Gasteiger partial charge is 0.161 e. The van der Waals surface area contributed by atoms with Crippen LogP contribution < -0.4 is 5.73 Å². The standard InChI is InChI=1S/C11H7ClFNOS/c12-7-5-6(1-2-8(7)13)9-3-4-10(15-9)11(14)16/h1-5H,(H2,14,16). The monoisotopic (exact) mass is 255 g/mol. The Kier molecular flexibility index (Phi) is 2.94. The Morgan fingerprint density at radius 3 is 2.62 bits per heavy atom. The summed E-state index contributed by atoms with van der Waals surface area (Å²) in [6.07, 6.45) is 0. The third kappa shape index (κ3) is 2.08. The van der Waals surface area contributed by atoms with Crippen molar-refractivity contribution in [2.24, 2.45) is 5.73 Å². The molecule has 2 nitrogen and oxygen atoms in total. The summed E-state index contributed by atoms with van der Waals surface area (Å²) in [4.78, 5) is 0.180. The Morgan fingerprint density at radius 2 is 2.06 bits per heavy atom. The molecule has 2 aromatic rings. The van der Waals surface area contributed by atoms with Crippen molar-refractivity contribution in [3.8, 4) is 11.3 Å². The van der Waals surface area contributed by atoms with Gasteiger partial charge in [-0.1, -0.05) is 23.8 Å². The Labute approximate surface area is 102 Å². The zero-order chi connectivity index (χ0) is 11.7. The quantitative estimate of drug-likeness (QED) is 0.837. The maximum absolute atomic E-state index is 12.9. The Bertz CT molecular complexity index is 553. The van der Waals surface area contributed by atoms with Crippen LogP contribution in [0.5, 0.6) is 0 Å². The first kappa shape index (κ1) is 11.1. The fourth-order valence-electron chi connectivity index (χ4n) is 1.27. The van der Waals surface area contributed by atoms with Gasteiger partial charge in [-0.3, -0.25) is 0 Å². The molecule has 0 bridgehead atoms. The number of rotatable bonds is 2. The van der Waals surface area contributed by atoms with Crippen LogP contribution in [0.4, 0.5) is 4.39 Å². The first-order valence-corrected chi connectivity index (χ1v) is 5.21. The highest BCUT2D eigenvalue weighted by atomic mass is 35.5. The normalized spacial score (nSPS) is 10.4. The summed E-state index contributed by atoms with van der Waals surface area (Å²) in [6.45, 7) is 0. The first-order valence-electron chi connectivity index (χ1n) is 4.43. The molecule has 0 atom stereocenters. The molecule has 82 valence electrons. The van der Waals surface area contributed by atoms with Gasteiger partial charge in [-0.05, 0) is 30.3 Å². The number of nitrogens with two attached hydrogens (primary N) is 1.